The summed E-state index contributed by atoms with van der Waals surface area (Å²) >= 11 is 3.46. The largest absolute Gasteiger partial charge is 0.356 e. The zero-order chi connectivity index (χ0) is 13.1. The van der Waals surface area contributed by atoms with Crippen LogP contribution in [0.1, 0.15) is 38.2 Å². The highest BCUT2D eigenvalue weighted by Gasteiger charge is 2.26. The molecule has 0 saturated heterocycles. The molecule has 0 radical (unpaired) electrons. The third kappa shape index (κ3) is 2.86. The second kappa shape index (κ2) is 6.02. The maximum atomic E-state index is 5.83. The van der Waals surface area contributed by atoms with E-state index in [2.05, 4.69) is 45.9 Å². The molecule has 3 nitrogen and oxygen atoms in total. The predicted octanol–water partition coefficient (Wildman–Crippen LogP) is 3.32. The van der Waals surface area contributed by atoms with Crippen LogP contribution >= 0.6 is 15.9 Å². The predicted molar refractivity (Wildman–Crippen MR) is 79.7 cm³/mol. The van der Waals surface area contributed by atoms with Crippen LogP contribution < -0.4 is 10.6 Å². The number of nitrogens with two attached hydrogens (primary N) is 1. The van der Waals surface area contributed by atoms with Gasteiger partial charge in [0.1, 0.15) is 5.82 Å². The molecule has 0 aromatic carbocycles. The monoisotopic (exact) mass is 311 g/mol. The van der Waals surface area contributed by atoms with Crippen LogP contribution in [0.3, 0.4) is 0 Å². The fraction of sp³-hybridized carbons (Fsp3) is 0.643. The van der Waals surface area contributed by atoms with Gasteiger partial charge in [-0.1, -0.05) is 19.8 Å². The Bertz CT molecular complexity index is 408. The standard InChI is InChI=1S/C14H22BrN3/c1-10-5-3-4-6-13(10)18(2)14-11(8-16)7-12(15)9-17-14/h7,9-10,13H,3-6,8,16H2,1-2H3. The average molecular weight is 312 g/mol. The molecular formula is C14H22BrN3. The van der Waals surface area contributed by atoms with Crippen molar-refractivity contribution in [2.24, 2.45) is 11.7 Å². The number of anilines is 1. The summed E-state index contributed by atoms with van der Waals surface area (Å²) in [6, 6.07) is 2.67. The van der Waals surface area contributed by atoms with E-state index >= 15 is 0 Å². The minimum atomic E-state index is 0.535. The van der Waals surface area contributed by atoms with Gasteiger partial charge in [0.05, 0.1) is 0 Å². The number of pyridine rings is 1. The fourth-order valence-electron chi connectivity index (χ4n) is 2.97. The molecule has 100 valence electrons. The summed E-state index contributed by atoms with van der Waals surface area (Å²) in [5, 5.41) is 0. The molecule has 1 aliphatic rings. The van der Waals surface area contributed by atoms with Crippen LogP contribution in [-0.4, -0.2) is 18.1 Å². The molecule has 1 aromatic rings. The van der Waals surface area contributed by atoms with Gasteiger partial charge in [-0.05, 0) is 40.8 Å². The van der Waals surface area contributed by atoms with Gasteiger partial charge in [0, 0.05) is 35.9 Å². The van der Waals surface area contributed by atoms with Gasteiger partial charge in [-0.2, -0.15) is 0 Å². The zero-order valence-electron chi connectivity index (χ0n) is 11.2. The highest BCUT2D eigenvalue weighted by atomic mass is 79.9. The van der Waals surface area contributed by atoms with Crippen LogP contribution in [0.2, 0.25) is 0 Å². The summed E-state index contributed by atoms with van der Waals surface area (Å²) in [4.78, 5) is 6.89. The van der Waals surface area contributed by atoms with Crippen molar-refractivity contribution in [3.05, 3.63) is 22.3 Å². The quantitative estimate of drug-likeness (QED) is 0.931. The van der Waals surface area contributed by atoms with E-state index in [1.54, 1.807) is 0 Å². The average Bonchev–Trinajstić information content (AvgIpc) is 2.38. The summed E-state index contributed by atoms with van der Waals surface area (Å²) < 4.78 is 0.997. The van der Waals surface area contributed by atoms with Crippen molar-refractivity contribution in [3.8, 4) is 0 Å². The van der Waals surface area contributed by atoms with Crippen molar-refractivity contribution in [3.63, 3.8) is 0 Å². The van der Waals surface area contributed by atoms with Crippen LogP contribution in [0.5, 0.6) is 0 Å². The van der Waals surface area contributed by atoms with Crippen molar-refractivity contribution >= 4 is 21.7 Å². The summed E-state index contributed by atoms with van der Waals surface area (Å²) in [5.74, 6) is 1.78. The SMILES string of the molecule is CC1CCCCC1N(C)c1ncc(Br)cc1CN. The summed E-state index contributed by atoms with van der Waals surface area (Å²) in [6.07, 6.45) is 7.14. The van der Waals surface area contributed by atoms with E-state index < -0.39 is 0 Å². The zero-order valence-corrected chi connectivity index (χ0v) is 12.8. The Morgan fingerprint density at radius 3 is 2.83 bits per heavy atom. The Labute approximate surface area is 118 Å². The molecule has 1 aromatic heterocycles. The lowest BCUT2D eigenvalue weighted by Crippen LogP contribution is -2.40. The maximum absolute atomic E-state index is 5.83. The number of rotatable bonds is 3. The number of hydrogen-bond acceptors (Lipinski definition) is 3. The van der Waals surface area contributed by atoms with Gasteiger partial charge in [0.15, 0.2) is 0 Å². The molecule has 2 N–H and O–H groups in total. The first-order valence-corrected chi connectivity index (χ1v) is 7.50. The fourth-order valence-corrected chi connectivity index (χ4v) is 3.35. The topological polar surface area (TPSA) is 42.2 Å². The number of nitrogens with zero attached hydrogens (tertiary/aromatic N) is 2. The smallest absolute Gasteiger partial charge is 0.133 e. The van der Waals surface area contributed by atoms with Crippen molar-refractivity contribution < 1.29 is 0 Å². The van der Waals surface area contributed by atoms with Gasteiger partial charge >= 0.3 is 0 Å². The van der Waals surface area contributed by atoms with Gasteiger partial charge < -0.3 is 10.6 Å². The molecule has 1 aliphatic carbocycles. The van der Waals surface area contributed by atoms with E-state index in [1.165, 1.54) is 25.7 Å². The highest BCUT2D eigenvalue weighted by Crippen LogP contribution is 2.31. The maximum Gasteiger partial charge on any atom is 0.133 e. The molecule has 4 heteroatoms. The van der Waals surface area contributed by atoms with Gasteiger partial charge in [0.25, 0.3) is 0 Å². The third-order valence-electron chi connectivity index (χ3n) is 4.03. The molecule has 1 heterocycles. The second-order valence-corrected chi connectivity index (χ2v) is 6.20. The lowest BCUT2D eigenvalue weighted by atomic mass is 9.85. The van der Waals surface area contributed by atoms with Crippen molar-refractivity contribution in [1.29, 1.82) is 0 Å². The number of aromatic nitrogens is 1. The van der Waals surface area contributed by atoms with Crippen molar-refractivity contribution in [1.82, 2.24) is 4.98 Å². The Balaban J connectivity index is 2.24. The number of halogens is 1. The summed E-state index contributed by atoms with van der Waals surface area (Å²) in [7, 11) is 2.15. The van der Waals surface area contributed by atoms with E-state index in [0.717, 1.165) is 21.8 Å². The normalized spacial score (nSPS) is 24.0. The molecule has 2 unspecified atom stereocenters. The molecule has 0 spiro atoms. The molecule has 0 aliphatic heterocycles. The second-order valence-electron chi connectivity index (χ2n) is 5.28. The lowest BCUT2D eigenvalue weighted by Gasteiger charge is -2.37. The lowest BCUT2D eigenvalue weighted by molar-refractivity contribution is 0.320. The molecule has 0 bridgehead atoms. The summed E-state index contributed by atoms with van der Waals surface area (Å²) in [5.41, 5.74) is 6.95. The van der Waals surface area contributed by atoms with E-state index in [4.69, 9.17) is 5.73 Å². The highest BCUT2D eigenvalue weighted by molar-refractivity contribution is 9.10. The van der Waals surface area contributed by atoms with E-state index in [-0.39, 0.29) is 0 Å². The van der Waals surface area contributed by atoms with Gasteiger partial charge in [0.2, 0.25) is 0 Å². The minimum absolute atomic E-state index is 0.535. The first-order valence-electron chi connectivity index (χ1n) is 6.70. The molecule has 18 heavy (non-hydrogen) atoms. The van der Waals surface area contributed by atoms with E-state index in [9.17, 15) is 0 Å². The molecule has 1 saturated carbocycles. The van der Waals surface area contributed by atoms with E-state index in [1.807, 2.05) is 6.20 Å². The Kier molecular flexibility index (Phi) is 4.62. The van der Waals surface area contributed by atoms with Gasteiger partial charge in [-0.3, -0.25) is 0 Å². The Hall–Kier alpha value is -0.610. The molecule has 2 atom stereocenters. The third-order valence-corrected chi connectivity index (χ3v) is 4.46. The minimum Gasteiger partial charge on any atom is -0.356 e. The Morgan fingerprint density at radius 2 is 2.17 bits per heavy atom. The molecular weight excluding hydrogens is 290 g/mol. The first kappa shape index (κ1) is 13.8. The van der Waals surface area contributed by atoms with Crippen LogP contribution in [0.15, 0.2) is 16.7 Å². The molecule has 2 rings (SSSR count). The van der Waals surface area contributed by atoms with Crippen LogP contribution in [0.4, 0.5) is 5.82 Å². The van der Waals surface area contributed by atoms with Crippen LogP contribution in [0, 0.1) is 5.92 Å². The molecule has 0 amide bonds. The van der Waals surface area contributed by atoms with Crippen LogP contribution in [0.25, 0.3) is 0 Å². The van der Waals surface area contributed by atoms with E-state index in [0.29, 0.717) is 12.6 Å². The van der Waals surface area contributed by atoms with Crippen molar-refractivity contribution in [2.75, 3.05) is 11.9 Å². The number of hydrogen-bond donors (Lipinski definition) is 1. The van der Waals surface area contributed by atoms with Crippen LogP contribution in [-0.2, 0) is 6.54 Å². The van der Waals surface area contributed by atoms with Gasteiger partial charge in [-0.25, -0.2) is 4.98 Å². The molecule has 1 fully saturated rings. The first-order chi connectivity index (χ1) is 8.63. The van der Waals surface area contributed by atoms with Gasteiger partial charge in [-0.15, -0.1) is 0 Å². The summed E-state index contributed by atoms with van der Waals surface area (Å²) in [6.45, 7) is 2.88. The Morgan fingerprint density at radius 1 is 1.44 bits per heavy atom. The van der Waals surface area contributed by atoms with Crippen molar-refractivity contribution in [2.45, 2.75) is 45.2 Å².